The Balaban J connectivity index is 1.40. The minimum Gasteiger partial charge on any atom is -0.376 e. The van der Waals surface area contributed by atoms with Crippen molar-refractivity contribution in [1.29, 1.82) is 0 Å². The van der Waals surface area contributed by atoms with Gasteiger partial charge in [0, 0.05) is 56.3 Å². The van der Waals surface area contributed by atoms with Crippen molar-refractivity contribution >= 4 is 26.8 Å². The summed E-state index contributed by atoms with van der Waals surface area (Å²) < 4.78 is 35.2. The molecule has 0 saturated carbocycles. The van der Waals surface area contributed by atoms with Gasteiger partial charge in [0.25, 0.3) is 0 Å². The van der Waals surface area contributed by atoms with E-state index >= 15 is 0 Å². The average molecular weight is 434 g/mol. The molecule has 2 fully saturated rings. The number of nitrogens with zero attached hydrogens (tertiary/aromatic N) is 2. The van der Waals surface area contributed by atoms with E-state index in [0.29, 0.717) is 37.5 Å². The predicted octanol–water partition coefficient (Wildman–Crippen LogP) is 2.89. The number of fused-ring (bicyclic) bond motifs is 1. The summed E-state index contributed by atoms with van der Waals surface area (Å²) >= 11 is 0. The second-order valence-corrected chi connectivity index (χ2v) is 10.2. The summed E-state index contributed by atoms with van der Waals surface area (Å²) in [4.78, 5) is 12.5. The molecule has 1 atom stereocenters. The van der Waals surface area contributed by atoms with Crippen molar-refractivity contribution in [2.45, 2.75) is 62.5 Å². The fourth-order valence-electron chi connectivity index (χ4n) is 4.31. The highest BCUT2D eigenvalue weighted by Gasteiger charge is 2.25. The summed E-state index contributed by atoms with van der Waals surface area (Å²) in [6.45, 7) is 3.11. The third-order valence-corrected chi connectivity index (χ3v) is 7.97. The summed E-state index contributed by atoms with van der Waals surface area (Å²) in [5.74, 6) is 0.00714. The molecule has 2 aliphatic rings. The molecule has 30 heavy (non-hydrogen) atoms. The molecule has 3 heterocycles. The van der Waals surface area contributed by atoms with Crippen molar-refractivity contribution in [3.05, 3.63) is 30.5 Å². The molecule has 0 radical (unpaired) electrons. The molecule has 2 saturated heterocycles. The summed E-state index contributed by atoms with van der Waals surface area (Å²) in [7, 11) is -3.46. The van der Waals surface area contributed by atoms with Crippen molar-refractivity contribution in [1.82, 2.24) is 14.2 Å². The number of ether oxygens (including phenoxy) is 1. The number of carbonyl (C=O) groups excluding carboxylic acids is 1. The lowest BCUT2D eigenvalue weighted by atomic mass is 10.2. The van der Waals surface area contributed by atoms with Gasteiger partial charge in [-0.1, -0.05) is 12.8 Å². The maximum Gasteiger partial charge on any atom is 0.243 e. The Labute approximate surface area is 178 Å². The first-order chi connectivity index (χ1) is 14.5. The molecule has 0 bridgehead atoms. The molecule has 2 aliphatic heterocycles. The van der Waals surface area contributed by atoms with Gasteiger partial charge < -0.3 is 14.6 Å². The zero-order chi connectivity index (χ0) is 21.0. The van der Waals surface area contributed by atoms with Crippen LogP contribution in [0.5, 0.6) is 0 Å². The second kappa shape index (κ2) is 9.49. The van der Waals surface area contributed by atoms with E-state index in [1.807, 2.05) is 22.9 Å². The zero-order valence-corrected chi connectivity index (χ0v) is 18.2. The molecular formula is C22H31N3O4S. The summed E-state index contributed by atoms with van der Waals surface area (Å²) in [5.41, 5.74) is 0.941. The molecule has 1 N–H and O–H groups in total. The Morgan fingerprint density at radius 1 is 1.10 bits per heavy atom. The average Bonchev–Trinajstić information content (AvgIpc) is 3.32. The largest absolute Gasteiger partial charge is 0.376 e. The first-order valence-corrected chi connectivity index (χ1v) is 12.5. The molecule has 4 rings (SSSR count). The van der Waals surface area contributed by atoms with E-state index in [1.54, 1.807) is 16.4 Å². The smallest absolute Gasteiger partial charge is 0.243 e. The number of hydrogen-bond acceptors (Lipinski definition) is 4. The lowest BCUT2D eigenvalue weighted by molar-refractivity contribution is -0.121. The van der Waals surface area contributed by atoms with Gasteiger partial charge in [0.1, 0.15) is 0 Å². The molecule has 1 aromatic heterocycles. The molecule has 1 amide bonds. The number of sulfonamides is 1. The van der Waals surface area contributed by atoms with Crippen LogP contribution in [-0.4, -0.2) is 55.5 Å². The second-order valence-electron chi connectivity index (χ2n) is 8.24. The summed E-state index contributed by atoms with van der Waals surface area (Å²) in [6, 6.07) is 7.21. The number of nitrogens with one attached hydrogen (secondary N) is 1. The zero-order valence-electron chi connectivity index (χ0n) is 17.4. The molecule has 0 spiro atoms. The molecule has 7 nitrogen and oxygen atoms in total. The molecule has 8 heteroatoms. The van der Waals surface area contributed by atoms with Gasteiger partial charge in [-0.3, -0.25) is 4.79 Å². The van der Waals surface area contributed by atoms with Crippen LogP contribution >= 0.6 is 0 Å². The Morgan fingerprint density at radius 3 is 2.63 bits per heavy atom. The van der Waals surface area contributed by atoms with Crippen molar-refractivity contribution in [2.24, 2.45) is 0 Å². The predicted molar refractivity (Wildman–Crippen MR) is 116 cm³/mol. The van der Waals surface area contributed by atoms with Crippen molar-refractivity contribution in [3.8, 4) is 0 Å². The van der Waals surface area contributed by atoms with Crippen molar-refractivity contribution < 1.29 is 17.9 Å². The fourth-order valence-corrected chi connectivity index (χ4v) is 5.86. The molecule has 1 aromatic carbocycles. The Hall–Kier alpha value is -1.90. The van der Waals surface area contributed by atoms with E-state index < -0.39 is 10.0 Å². The lowest BCUT2D eigenvalue weighted by Crippen LogP contribution is -2.32. The van der Waals surface area contributed by atoms with Crippen LogP contribution in [0.15, 0.2) is 35.4 Å². The van der Waals surface area contributed by atoms with Crippen LogP contribution in [0.1, 0.15) is 44.9 Å². The van der Waals surface area contributed by atoms with E-state index in [-0.39, 0.29) is 12.0 Å². The van der Waals surface area contributed by atoms with Crippen LogP contribution in [0.3, 0.4) is 0 Å². The number of benzene rings is 1. The van der Waals surface area contributed by atoms with Gasteiger partial charge in [-0.15, -0.1) is 0 Å². The SMILES string of the molecule is O=C(CCn1ccc2cc(S(=O)(=O)N3CCCCCC3)ccc21)NC[C@@H]1CCCO1. The van der Waals surface area contributed by atoms with E-state index in [2.05, 4.69) is 5.32 Å². The highest BCUT2D eigenvalue weighted by atomic mass is 32.2. The Kier molecular flexibility index (Phi) is 6.75. The highest BCUT2D eigenvalue weighted by Crippen LogP contribution is 2.25. The van der Waals surface area contributed by atoms with Gasteiger partial charge in [-0.2, -0.15) is 4.31 Å². The monoisotopic (exact) mass is 433 g/mol. The van der Waals surface area contributed by atoms with Crippen molar-refractivity contribution in [2.75, 3.05) is 26.2 Å². The number of amides is 1. The summed E-state index contributed by atoms with van der Waals surface area (Å²) in [5, 5.41) is 3.82. The van der Waals surface area contributed by atoms with Crippen LogP contribution in [-0.2, 0) is 26.1 Å². The first kappa shape index (κ1) is 21.3. The van der Waals surface area contributed by atoms with Gasteiger partial charge in [0.15, 0.2) is 0 Å². The van der Waals surface area contributed by atoms with Crippen molar-refractivity contribution in [3.63, 3.8) is 0 Å². The minimum absolute atomic E-state index is 0.00714. The van der Waals surface area contributed by atoms with E-state index in [0.717, 1.165) is 56.0 Å². The molecule has 164 valence electrons. The van der Waals surface area contributed by atoms with E-state index in [9.17, 15) is 13.2 Å². The van der Waals surface area contributed by atoms with Crippen LogP contribution < -0.4 is 5.32 Å². The van der Waals surface area contributed by atoms with Crippen LogP contribution in [0.4, 0.5) is 0 Å². The maximum atomic E-state index is 13.0. The third kappa shape index (κ3) is 4.87. The van der Waals surface area contributed by atoms with Gasteiger partial charge >= 0.3 is 0 Å². The van der Waals surface area contributed by atoms with Crippen LogP contribution in [0.25, 0.3) is 10.9 Å². The maximum absolute atomic E-state index is 13.0. The number of aryl methyl sites for hydroxylation is 1. The number of rotatable bonds is 7. The minimum atomic E-state index is -3.46. The highest BCUT2D eigenvalue weighted by molar-refractivity contribution is 7.89. The quantitative estimate of drug-likeness (QED) is 0.728. The van der Waals surface area contributed by atoms with E-state index in [4.69, 9.17) is 4.74 Å². The Bertz CT molecular complexity index is 971. The third-order valence-electron chi connectivity index (χ3n) is 6.08. The molecule has 2 aromatic rings. The Morgan fingerprint density at radius 2 is 1.90 bits per heavy atom. The molecule has 0 aliphatic carbocycles. The number of carbonyl (C=O) groups is 1. The van der Waals surface area contributed by atoms with Crippen LogP contribution in [0.2, 0.25) is 0 Å². The molecule has 0 unspecified atom stereocenters. The van der Waals surface area contributed by atoms with Crippen LogP contribution in [0, 0.1) is 0 Å². The van der Waals surface area contributed by atoms with Gasteiger partial charge in [0.2, 0.25) is 15.9 Å². The van der Waals surface area contributed by atoms with E-state index in [1.165, 1.54) is 0 Å². The number of aromatic nitrogens is 1. The normalized spacial score (nSPS) is 21.0. The first-order valence-electron chi connectivity index (χ1n) is 11.0. The van der Waals surface area contributed by atoms with Gasteiger partial charge in [0.05, 0.1) is 11.0 Å². The standard InChI is InChI=1S/C22H31N3O4S/c26-22(23-17-19-6-5-15-29-19)10-14-24-13-9-18-16-20(7-8-21(18)24)30(27,28)25-11-3-1-2-4-12-25/h7-9,13,16,19H,1-6,10-12,14-15,17H2,(H,23,26)/t19-/m0/s1. The van der Waals surface area contributed by atoms with Gasteiger partial charge in [-0.05, 0) is 49.9 Å². The molecular weight excluding hydrogens is 402 g/mol. The van der Waals surface area contributed by atoms with Gasteiger partial charge in [-0.25, -0.2) is 8.42 Å². The fraction of sp³-hybridized carbons (Fsp3) is 0.591. The lowest BCUT2D eigenvalue weighted by Gasteiger charge is -2.20. The topological polar surface area (TPSA) is 80.6 Å². The summed E-state index contributed by atoms with van der Waals surface area (Å²) in [6.07, 6.45) is 8.54. The number of hydrogen-bond donors (Lipinski definition) is 1.